The van der Waals surface area contributed by atoms with Gasteiger partial charge in [0.05, 0.1) is 26.3 Å². The standard InChI is InChI=1S/C25H24N2O4/c1-3-27(15-23(28)26-19-8-6-9-20(14-19)30-2)24(29)13-18-16-31-22-12-11-17-7-4-5-10-21(17)25(18)22/h4-12,14,16H,3,13,15H2,1-2H3,(H,26,28). The number of anilines is 1. The van der Waals surface area contributed by atoms with Gasteiger partial charge in [0.2, 0.25) is 11.8 Å². The summed E-state index contributed by atoms with van der Waals surface area (Å²) in [5.74, 6) is 0.269. The highest BCUT2D eigenvalue weighted by Gasteiger charge is 2.19. The van der Waals surface area contributed by atoms with Gasteiger partial charge in [0.1, 0.15) is 11.3 Å². The zero-order valence-electron chi connectivity index (χ0n) is 17.6. The summed E-state index contributed by atoms with van der Waals surface area (Å²) in [4.78, 5) is 27.0. The monoisotopic (exact) mass is 416 g/mol. The molecule has 1 aromatic heterocycles. The lowest BCUT2D eigenvalue weighted by Gasteiger charge is -2.20. The zero-order chi connectivity index (χ0) is 21.8. The van der Waals surface area contributed by atoms with Crippen LogP contribution in [0.15, 0.2) is 71.3 Å². The van der Waals surface area contributed by atoms with E-state index in [9.17, 15) is 9.59 Å². The molecule has 4 aromatic rings. The third-order valence-electron chi connectivity index (χ3n) is 5.30. The third kappa shape index (κ3) is 4.38. The van der Waals surface area contributed by atoms with Crippen LogP contribution in [-0.2, 0) is 16.0 Å². The van der Waals surface area contributed by atoms with Crippen molar-refractivity contribution >= 4 is 39.2 Å². The minimum atomic E-state index is -0.258. The number of hydrogen-bond donors (Lipinski definition) is 1. The van der Waals surface area contributed by atoms with E-state index in [-0.39, 0.29) is 24.8 Å². The Morgan fingerprint density at radius 2 is 1.90 bits per heavy atom. The Balaban J connectivity index is 1.49. The number of benzene rings is 3. The predicted octanol–water partition coefficient (Wildman–Crippen LogP) is 4.62. The van der Waals surface area contributed by atoms with Crippen LogP contribution in [0.2, 0.25) is 0 Å². The summed E-state index contributed by atoms with van der Waals surface area (Å²) in [6.45, 7) is 2.27. The number of likely N-dealkylation sites (N-methyl/N-ethyl adjacent to an activating group) is 1. The van der Waals surface area contributed by atoms with Gasteiger partial charge >= 0.3 is 0 Å². The number of amides is 2. The van der Waals surface area contributed by atoms with Crippen LogP contribution < -0.4 is 10.1 Å². The molecule has 0 spiro atoms. The van der Waals surface area contributed by atoms with Crippen molar-refractivity contribution in [2.75, 3.05) is 25.5 Å². The first-order chi connectivity index (χ1) is 15.1. The fourth-order valence-electron chi connectivity index (χ4n) is 3.73. The lowest BCUT2D eigenvalue weighted by atomic mass is 10.0. The van der Waals surface area contributed by atoms with Crippen molar-refractivity contribution in [1.29, 1.82) is 0 Å². The van der Waals surface area contributed by atoms with Crippen LogP contribution in [0.5, 0.6) is 5.75 Å². The number of rotatable bonds is 7. The maximum atomic E-state index is 13.0. The Hall–Kier alpha value is -3.80. The highest BCUT2D eigenvalue weighted by atomic mass is 16.5. The topological polar surface area (TPSA) is 71.8 Å². The number of nitrogens with zero attached hydrogens (tertiary/aromatic N) is 1. The lowest BCUT2D eigenvalue weighted by Crippen LogP contribution is -2.38. The summed E-state index contributed by atoms with van der Waals surface area (Å²) >= 11 is 0. The van der Waals surface area contributed by atoms with E-state index in [0.29, 0.717) is 18.0 Å². The fourth-order valence-corrected chi connectivity index (χ4v) is 3.73. The van der Waals surface area contributed by atoms with E-state index in [1.807, 2.05) is 43.3 Å². The summed E-state index contributed by atoms with van der Waals surface area (Å²) in [5.41, 5.74) is 2.20. The average Bonchev–Trinajstić information content (AvgIpc) is 3.20. The van der Waals surface area contributed by atoms with Gasteiger partial charge in [0.25, 0.3) is 0 Å². The Morgan fingerprint density at radius 3 is 2.71 bits per heavy atom. The molecule has 4 rings (SSSR count). The molecule has 6 heteroatoms. The van der Waals surface area contributed by atoms with Crippen molar-refractivity contribution in [3.05, 3.63) is 72.5 Å². The molecule has 0 radical (unpaired) electrons. The van der Waals surface area contributed by atoms with Crippen LogP contribution in [-0.4, -0.2) is 36.9 Å². The lowest BCUT2D eigenvalue weighted by molar-refractivity contribution is -0.133. The van der Waals surface area contributed by atoms with Gasteiger partial charge in [-0.25, -0.2) is 0 Å². The summed E-state index contributed by atoms with van der Waals surface area (Å²) in [7, 11) is 1.57. The summed E-state index contributed by atoms with van der Waals surface area (Å²) in [6.07, 6.45) is 1.81. The van der Waals surface area contributed by atoms with Gasteiger partial charge in [-0.1, -0.05) is 36.4 Å². The number of carbonyl (C=O) groups is 2. The minimum Gasteiger partial charge on any atom is -0.497 e. The Labute approximate surface area is 180 Å². The van der Waals surface area contributed by atoms with Crippen molar-refractivity contribution < 1.29 is 18.7 Å². The summed E-state index contributed by atoms with van der Waals surface area (Å²) in [5, 5.41) is 5.91. The first-order valence-corrected chi connectivity index (χ1v) is 10.2. The van der Waals surface area contributed by atoms with Gasteiger partial charge in [0, 0.05) is 29.2 Å². The van der Waals surface area contributed by atoms with Gasteiger partial charge in [-0.3, -0.25) is 9.59 Å². The van der Waals surface area contributed by atoms with Crippen LogP contribution in [0.25, 0.3) is 21.7 Å². The van der Waals surface area contributed by atoms with Crippen LogP contribution in [0.1, 0.15) is 12.5 Å². The first-order valence-electron chi connectivity index (χ1n) is 10.2. The molecule has 0 saturated heterocycles. The molecule has 0 aliphatic carbocycles. The van der Waals surface area contributed by atoms with Crippen LogP contribution in [0, 0.1) is 0 Å². The van der Waals surface area contributed by atoms with E-state index < -0.39 is 0 Å². The molecule has 0 aliphatic heterocycles. The maximum absolute atomic E-state index is 13.0. The van der Waals surface area contributed by atoms with Crippen molar-refractivity contribution in [1.82, 2.24) is 4.90 Å². The second kappa shape index (κ2) is 8.92. The van der Waals surface area contributed by atoms with Gasteiger partial charge in [-0.2, -0.15) is 0 Å². The van der Waals surface area contributed by atoms with Crippen molar-refractivity contribution in [2.45, 2.75) is 13.3 Å². The molecule has 0 unspecified atom stereocenters. The second-order valence-electron chi connectivity index (χ2n) is 7.29. The molecule has 2 amide bonds. The predicted molar refractivity (Wildman–Crippen MR) is 121 cm³/mol. The van der Waals surface area contributed by atoms with Crippen LogP contribution >= 0.6 is 0 Å². The highest BCUT2D eigenvalue weighted by molar-refractivity contribution is 6.08. The normalized spacial score (nSPS) is 10.9. The number of furan rings is 1. The van der Waals surface area contributed by atoms with Crippen molar-refractivity contribution in [3.63, 3.8) is 0 Å². The molecule has 0 saturated carbocycles. The fraction of sp³-hybridized carbons (Fsp3) is 0.200. The number of methoxy groups -OCH3 is 1. The summed E-state index contributed by atoms with van der Waals surface area (Å²) in [6, 6.07) is 19.1. The average molecular weight is 416 g/mol. The Kier molecular flexibility index (Phi) is 5.89. The molecule has 158 valence electrons. The molecule has 0 aliphatic rings. The zero-order valence-corrected chi connectivity index (χ0v) is 17.6. The van der Waals surface area contributed by atoms with E-state index in [1.165, 1.54) is 0 Å². The van der Waals surface area contributed by atoms with Gasteiger partial charge in [-0.05, 0) is 35.9 Å². The maximum Gasteiger partial charge on any atom is 0.243 e. The smallest absolute Gasteiger partial charge is 0.243 e. The van der Waals surface area contributed by atoms with Crippen molar-refractivity contribution in [3.8, 4) is 5.75 Å². The summed E-state index contributed by atoms with van der Waals surface area (Å²) < 4.78 is 10.9. The van der Waals surface area contributed by atoms with Crippen LogP contribution in [0.4, 0.5) is 5.69 Å². The van der Waals surface area contributed by atoms with Crippen molar-refractivity contribution in [2.24, 2.45) is 0 Å². The molecule has 3 aromatic carbocycles. The largest absolute Gasteiger partial charge is 0.497 e. The Morgan fingerprint density at radius 1 is 1.06 bits per heavy atom. The molecular formula is C25H24N2O4. The quantitative estimate of drug-likeness (QED) is 0.477. The van der Waals surface area contributed by atoms with E-state index in [4.69, 9.17) is 9.15 Å². The molecule has 6 nitrogen and oxygen atoms in total. The second-order valence-corrected chi connectivity index (χ2v) is 7.29. The minimum absolute atomic E-state index is 0.0247. The third-order valence-corrected chi connectivity index (χ3v) is 5.30. The van der Waals surface area contributed by atoms with Gasteiger partial charge in [0.15, 0.2) is 0 Å². The highest BCUT2D eigenvalue weighted by Crippen LogP contribution is 2.30. The Bertz CT molecular complexity index is 1240. The van der Waals surface area contributed by atoms with Gasteiger partial charge < -0.3 is 19.4 Å². The number of hydrogen-bond acceptors (Lipinski definition) is 4. The number of ether oxygens (including phenoxy) is 1. The molecule has 1 heterocycles. The van der Waals surface area contributed by atoms with Crippen LogP contribution in [0.3, 0.4) is 0 Å². The van der Waals surface area contributed by atoms with E-state index in [2.05, 4.69) is 5.32 Å². The van der Waals surface area contributed by atoms with Gasteiger partial charge in [-0.15, -0.1) is 0 Å². The number of nitrogens with one attached hydrogen (secondary N) is 1. The molecule has 31 heavy (non-hydrogen) atoms. The molecule has 0 atom stereocenters. The molecular weight excluding hydrogens is 392 g/mol. The van der Waals surface area contributed by atoms with E-state index >= 15 is 0 Å². The number of fused-ring (bicyclic) bond motifs is 3. The van der Waals surface area contributed by atoms with E-state index in [0.717, 1.165) is 27.3 Å². The molecule has 0 fully saturated rings. The molecule has 1 N–H and O–H groups in total. The first kappa shape index (κ1) is 20.5. The van der Waals surface area contributed by atoms with E-state index in [1.54, 1.807) is 42.5 Å². The number of carbonyl (C=O) groups excluding carboxylic acids is 2. The SMILES string of the molecule is CCN(CC(=O)Nc1cccc(OC)c1)C(=O)Cc1coc2ccc3ccccc3c12. The molecule has 0 bridgehead atoms.